The van der Waals surface area contributed by atoms with Crippen molar-refractivity contribution in [2.45, 2.75) is 0 Å². The second-order valence-corrected chi connectivity index (χ2v) is 2.17. The number of rotatable bonds is 1. The molecular formula is C5H4NOS+. The Bertz CT molecular complexity index is 171. The van der Waals surface area contributed by atoms with Gasteiger partial charge in [0.15, 0.2) is 0 Å². The highest BCUT2D eigenvalue weighted by Gasteiger charge is 2.17. The fraction of sp³-hybridized carbons (Fsp3) is 0. The van der Waals surface area contributed by atoms with Gasteiger partial charge in [-0.2, -0.15) is 4.79 Å². The van der Waals surface area contributed by atoms with Crippen LogP contribution in [0.25, 0.3) is 0 Å². The Labute approximate surface area is 51.4 Å². The Morgan fingerprint density at radius 2 is 2.62 bits per heavy atom. The van der Waals surface area contributed by atoms with Gasteiger partial charge in [0.25, 0.3) is 4.91 Å². The fourth-order valence-corrected chi connectivity index (χ4v) is 0.899. The summed E-state index contributed by atoms with van der Waals surface area (Å²) < 4.78 is 0. The van der Waals surface area contributed by atoms with Gasteiger partial charge in [0, 0.05) is 11.8 Å². The van der Waals surface area contributed by atoms with Gasteiger partial charge in [-0.25, -0.2) is 0 Å². The average molecular weight is 126 g/mol. The van der Waals surface area contributed by atoms with Gasteiger partial charge >= 0.3 is 5.91 Å². The quantitative estimate of drug-likeness (QED) is 0.517. The zero-order valence-electron chi connectivity index (χ0n) is 4.05. The highest BCUT2D eigenvalue weighted by Crippen LogP contribution is 2.20. The Morgan fingerprint density at radius 1 is 1.88 bits per heavy atom. The summed E-state index contributed by atoms with van der Waals surface area (Å²) in [6.45, 7) is 0. The van der Waals surface area contributed by atoms with Crippen LogP contribution in [0.5, 0.6) is 0 Å². The minimum Gasteiger partial charge on any atom is -0.313 e. The number of carbonyl (C=O) groups excluding carboxylic acids is 1. The first-order valence-corrected chi connectivity index (χ1v) is 2.93. The molecule has 0 aromatic carbocycles. The predicted octanol–water partition coefficient (Wildman–Crippen LogP) is 0.419. The van der Waals surface area contributed by atoms with Crippen LogP contribution in [-0.2, 0) is 4.79 Å². The number of hydrogen-bond donors (Lipinski definition) is 1. The predicted molar refractivity (Wildman–Crippen MR) is 32.7 cm³/mol. The first kappa shape index (κ1) is 5.35. The lowest BCUT2D eigenvalue weighted by Crippen LogP contribution is -2.10. The molecule has 0 radical (unpaired) electrons. The summed E-state index contributed by atoms with van der Waals surface area (Å²) in [4.78, 5) is 10.8. The normalized spacial score (nSPS) is 15.2. The van der Waals surface area contributed by atoms with Gasteiger partial charge in [-0.05, 0) is 0 Å². The van der Waals surface area contributed by atoms with E-state index >= 15 is 0 Å². The third kappa shape index (κ3) is 0.886. The highest BCUT2D eigenvalue weighted by atomic mass is 32.2. The highest BCUT2D eigenvalue weighted by molar-refractivity contribution is 8.06. The van der Waals surface area contributed by atoms with Crippen LogP contribution in [0, 0.1) is 6.08 Å². The molecule has 2 N–H and O–H groups in total. The van der Waals surface area contributed by atoms with Crippen LogP contribution in [0.4, 0.5) is 0 Å². The van der Waals surface area contributed by atoms with Crippen molar-refractivity contribution in [2.24, 2.45) is 5.73 Å². The summed E-state index contributed by atoms with van der Waals surface area (Å²) in [5.74, 6) is -0.403. The van der Waals surface area contributed by atoms with E-state index in [4.69, 9.17) is 5.73 Å². The zero-order valence-corrected chi connectivity index (χ0v) is 4.87. The molecule has 40 valence electrons. The Kier molecular flexibility index (Phi) is 1.33. The molecule has 0 unspecified atom stereocenters. The van der Waals surface area contributed by atoms with Gasteiger partial charge in [0.2, 0.25) is 0 Å². The van der Waals surface area contributed by atoms with Crippen molar-refractivity contribution in [1.82, 2.24) is 0 Å². The van der Waals surface area contributed by atoms with E-state index in [2.05, 4.69) is 6.08 Å². The van der Waals surface area contributed by atoms with Crippen molar-refractivity contribution in [3.05, 3.63) is 22.5 Å². The third-order valence-electron chi connectivity index (χ3n) is 0.692. The maximum Gasteiger partial charge on any atom is 0.361 e. The molecule has 1 aliphatic rings. The lowest BCUT2D eigenvalue weighted by molar-refractivity contribution is -0.113. The van der Waals surface area contributed by atoms with Gasteiger partial charge in [-0.3, -0.25) is 0 Å². The monoisotopic (exact) mass is 126 g/mol. The van der Waals surface area contributed by atoms with E-state index in [1.54, 1.807) is 11.5 Å². The maximum absolute atomic E-state index is 10.3. The van der Waals surface area contributed by atoms with Crippen LogP contribution < -0.4 is 5.73 Å². The van der Waals surface area contributed by atoms with Crippen molar-refractivity contribution < 1.29 is 4.79 Å². The van der Waals surface area contributed by atoms with E-state index in [-0.39, 0.29) is 0 Å². The second kappa shape index (κ2) is 1.99. The lowest BCUT2D eigenvalue weighted by Gasteiger charge is -1.75. The van der Waals surface area contributed by atoms with Crippen molar-refractivity contribution in [1.29, 1.82) is 0 Å². The molecular weight excluding hydrogens is 122 g/mol. The standard InChI is InChI=1S/C5H3NOS/c6-5(7)4-2-1-3-8-4/h1,3H,(H-,6,7)/p+1. The van der Waals surface area contributed by atoms with E-state index in [0.717, 1.165) is 0 Å². The molecule has 0 saturated heterocycles. The largest absolute Gasteiger partial charge is 0.361 e. The minimum atomic E-state index is -0.403. The number of thioether (sulfide) groups is 1. The maximum atomic E-state index is 10.3. The Morgan fingerprint density at radius 3 is 2.88 bits per heavy atom. The van der Waals surface area contributed by atoms with Gasteiger partial charge in [-0.15, -0.1) is 0 Å². The minimum absolute atomic E-state index is 0.403. The first-order chi connectivity index (χ1) is 3.80. The SMILES string of the molecule is NC(=O)C1=[C+]C=CS1. The molecule has 0 fully saturated rings. The molecule has 0 atom stereocenters. The number of nitrogens with two attached hydrogens (primary N) is 1. The molecule has 1 aliphatic heterocycles. The van der Waals surface area contributed by atoms with Crippen LogP contribution in [0.1, 0.15) is 0 Å². The molecule has 1 amide bonds. The van der Waals surface area contributed by atoms with Crippen LogP contribution in [-0.4, -0.2) is 5.91 Å². The summed E-state index contributed by atoms with van der Waals surface area (Å²) in [6.07, 6.45) is 4.35. The summed E-state index contributed by atoms with van der Waals surface area (Å²) in [5, 5.41) is 1.76. The van der Waals surface area contributed by atoms with Crippen molar-refractivity contribution in [3.63, 3.8) is 0 Å². The van der Waals surface area contributed by atoms with Crippen molar-refractivity contribution in [3.8, 4) is 0 Å². The molecule has 3 heteroatoms. The number of primary amides is 1. The van der Waals surface area contributed by atoms with Gasteiger partial charge in [0.05, 0.1) is 11.5 Å². The van der Waals surface area contributed by atoms with E-state index in [9.17, 15) is 4.79 Å². The topological polar surface area (TPSA) is 43.1 Å². The second-order valence-electron chi connectivity index (χ2n) is 1.26. The van der Waals surface area contributed by atoms with Crippen LogP contribution in [0.2, 0.25) is 0 Å². The molecule has 0 aliphatic carbocycles. The summed E-state index contributed by atoms with van der Waals surface area (Å²) in [5.41, 5.74) is 4.90. The average Bonchev–Trinajstić information content (AvgIpc) is 2.12. The Balaban J connectivity index is 2.64. The first-order valence-electron chi connectivity index (χ1n) is 2.05. The molecule has 0 spiro atoms. The van der Waals surface area contributed by atoms with Crippen molar-refractivity contribution in [2.75, 3.05) is 0 Å². The zero-order chi connectivity index (χ0) is 5.98. The molecule has 2 nitrogen and oxygen atoms in total. The molecule has 0 aromatic rings. The molecule has 0 bridgehead atoms. The van der Waals surface area contributed by atoms with E-state index in [1.807, 2.05) is 0 Å². The summed E-state index contributed by atoms with van der Waals surface area (Å²) in [6, 6.07) is 0. The fourth-order valence-electron chi connectivity index (χ4n) is 0.375. The third-order valence-corrected chi connectivity index (χ3v) is 1.52. The van der Waals surface area contributed by atoms with Gasteiger partial charge in [0.1, 0.15) is 6.08 Å². The molecule has 0 aromatic heterocycles. The van der Waals surface area contributed by atoms with Crippen LogP contribution in [0.15, 0.2) is 16.4 Å². The molecule has 0 saturated carbocycles. The van der Waals surface area contributed by atoms with Crippen molar-refractivity contribution >= 4 is 17.7 Å². The van der Waals surface area contributed by atoms with Crippen LogP contribution in [0.3, 0.4) is 0 Å². The molecule has 8 heavy (non-hydrogen) atoms. The van der Waals surface area contributed by atoms with Crippen LogP contribution >= 0.6 is 11.8 Å². The van der Waals surface area contributed by atoms with Gasteiger partial charge in [-0.1, -0.05) is 0 Å². The number of hydrogen-bond acceptors (Lipinski definition) is 2. The van der Waals surface area contributed by atoms with Gasteiger partial charge < -0.3 is 5.73 Å². The molecule has 1 rings (SSSR count). The van der Waals surface area contributed by atoms with E-state index in [1.165, 1.54) is 11.8 Å². The Hall–Kier alpha value is -0.790. The number of allylic oxidation sites excluding steroid dienone is 2. The number of amides is 1. The molecule has 1 heterocycles. The lowest BCUT2D eigenvalue weighted by atomic mass is 10.5. The van der Waals surface area contributed by atoms with E-state index in [0.29, 0.717) is 4.91 Å². The summed E-state index contributed by atoms with van der Waals surface area (Å²) in [7, 11) is 0. The number of carbonyl (C=O) groups is 1. The smallest absolute Gasteiger partial charge is 0.313 e. The van der Waals surface area contributed by atoms with E-state index < -0.39 is 5.91 Å². The summed E-state index contributed by atoms with van der Waals surface area (Å²) >= 11 is 1.30.